The molecule has 2 aliphatic heterocycles. The van der Waals surface area contributed by atoms with Gasteiger partial charge in [-0.1, -0.05) is 35.9 Å². The van der Waals surface area contributed by atoms with E-state index in [-0.39, 0.29) is 36.3 Å². The standard InChI is InChI=1S/C22H21B3ClF2N3O4/c23-21(24)8-16(32)29-18(33)17(21)30-10-12-7-11(1-6-15(12)19(30)34)9-31(25)20(35)22(27,28)13-2-4-14(26)5-3-13/h1-7,17H,8-10,23-25H2,(H,29,32,33). The number of piperidine rings is 1. The molecule has 2 aromatic carbocycles. The van der Waals surface area contributed by atoms with E-state index in [1.807, 2.05) is 0 Å². The Bertz CT molecular complexity index is 1240. The molecular formula is C22H21B3ClF2N3O4. The van der Waals surface area contributed by atoms with Gasteiger partial charge in [0.05, 0.1) is 0 Å². The molecular weight excluding hydrogens is 476 g/mol. The molecule has 1 atom stereocenters. The Morgan fingerprint density at radius 1 is 1.17 bits per heavy atom. The third-order valence-corrected chi connectivity index (χ3v) is 6.67. The van der Waals surface area contributed by atoms with Crippen molar-refractivity contribution in [3.63, 3.8) is 0 Å². The minimum atomic E-state index is -3.74. The van der Waals surface area contributed by atoms with Crippen LogP contribution in [0.15, 0.2) is 42.5 Å². The number of carbonyl (C=O) groups excluding carboxylic acids is 4. The molecule has 1 N–H and O–H groups in total. The van der Waals surface area contributed by atoms with Crippen LogP contribution in [0, 0.1) is 0 Å². The van der Waals surface area contributed by atoms with Crippen molar-refractivity contribution in [3.8, 4) is 0 Å². The molecule has 1 fully saturated rings. The van der Waals surface area contributed by atoms with Crippen molar-refractivity contribution < 1.29 is 28.0 Å². The molecule has 2 aliphatic rings. The Hall–Kier alpha value is -3.14. The molecule has 0 saturated carbocycles. The SMILES string of the molecule is BN(Cc1ccc2c(c1)CN(C1C(=O)NC(=O)CC1(B)B)C2=O)C(=O)C(F)(F)c1ccc(Cl)cc1. The molecule has 7 nitrogen and oxygen atoms in total. The normalized spacial score (nSPS) is 19.3. The van der Waals surface area contributed by atoms with Crippen molar-refractivity contribution in [1.82, 2.24) is 15.0 Å². The second kappa shape index (κ2) is 8.82. The Morgan fingerprint density at radius 2 is 1.83 bits per heavy atom. The largest absolute Gasteiger partial charge is 0.384 e. The van der Waals surface area contributed by atoms with Crippen molar-refractivity contribution in [2.24, 2.45) is 0 Å². The third kappa shape index (κ3) is 4.59. The Balaban J connectivity index is 1.51. The van der Waals surface area contributed by atoms with Gasteiger partial charge in [-0.05, 0) is 34.5 Å². The fourth-order valence-corrected chi connectivity index (χ4v) is 4.88. The predicted octanol–water partition coefficient (Wildman–Crippen LogP) is -0.238. The summed E-state index contributed by atoms with van der Waals surface area (Å²) < 4.78 is 29.5. The number of amides is 4. The summed E-state index contributed by atoms with van der Waals surface area (Å²) in [7, 11) is 4.80. The molecule has 1 unspecified atom stereocenters. The number of rotatable bonds is 5. The fraction of sp³-hybridized carbons (Fsp3) is 0.273. The van der Waals surface area contributed by atoms with Crippen LogP contribution in [0.2, 0.25) is 10.2 Å². The van der Waals surface area contributed by atoms with Gasteiger partial charge in [-0.15, -0.1) is 0 Å². The topological polar surface area (TPSA) is 86.8 Å². The number of fused-ring (bicyclic) bond motifs is 1. The number of halogens is 3. The number of hydrogen-bond donors (Lipinski definition) is 1. The molecule has 0 bridgehead atoms. The van der Waals surface area contributed by atoms with Crippen LogP contribution in [-0.2, 0) is 33.4 Å². The minimum Gasteiger partial charge on any atom is -0.384 e. The molecule has 35 heavy (non-hydrogen) atoms. The van der Waals surface area contributed by atoms with Crippen molar-refractivity contribution >= 4 is 58.9 Å². The molecule has 4 rings (SSSR count). The lowest BCUT2D eigenvalue weighted by Crippen LogP contribution is -2.60. The van der Waals surface area contributed by atoms with E-state index in [1.165, 1.54) is 25.0 Å². The molecule has 13 heteroatoms. The van der Waals surface area contributed by atoms with E-state index in [0.29, 0.717) is 16.7 Å². The summed E-state index contributed by atoms with van der Waals surface area (Å²) in [6, 6.07) is 8.83. The highest BCUT2D eigenvalue weighted by atomic mass is 35.5. The van der Waals surface area contributed by atoms with E-state index in [9.17, 15) is 28.0 Å². The van der Waals surface area contributed by atoms with Crippen molar-refractivity contribution in [1.29, 1.82) is 0 Å². The second-order valence-electron chi connectivity index (χ2n) is 9.65. The lowest BCUT2D eigenvalue weighted by Gasteiger charge is -2.41. The Labute approximate surface area is 208 Å². The smallest absolute Gasteiger partial charge is 0.348 e. The van der Waals surface area contributed by atoms with Crippen LogP contribution in [0.25, 0.3) is 0 Å². The van der Waals surface area contributed by atoms with Gasteiger partial charge in [0.2, 0.25) is 19.8 Å². The van der Waals surface area contributed by atoms with Gasteiger partial charge in [-0.3, -0.25) is 24.5 Å². The minimum absolute atomic E-state index is 0.101. The first-order valence-electron chi connectivity index (χ1n) is 11.0. The van der Waals surface area contributed by atoms with E-state index < -0.39 is 34.6 Å². The molecule has 0 radical (unpaired) electrons. The number of benzene rings is 2. The van der Waals surface area contributed by atoms with Crippen LogP contribution in [0.1, 0.15) is 33.5 Å². The van der Waals surface area contributed by atoms with Crippen LogP contribution >= 0.6 is 11.6 Å². The first-order valence-corrected chi connectivity index (χ1v) is 11.3. The first-order chi connectivity index (χ1) is 16.3. The maximum absolute atomic E-state index is 14.8. The van der Waals surface area contributed by atoms with Crippen LogP contribution in [0.4, 0.5) is 8.78 Å². The van der Waals surface area contributed by atoms with Crippen molar-refractivity contribution in [3.05, 3.63) is 69.7 Å². The second-order valence-corrected chi connectivity index (χ2v) is 10.1. The number of carbonyl (C=O) groups is 4. The number of hydrogen-bond acceptors (Lipinski definition) is 4. The summed E-state index contributed by atoms with van der Waals surface area (Å²) in [5.41, 5.74) is 1.12. The summed E-state index contributed by atoms with van der Waals surface area (Å²) in [5, 5.41) is 1.83. The van der Waals surface area contributed by atoms with Gasteiger partial charge in [-0.25, -0.2) is 0 Å². The average molecular weight is 497 g/mol. The number of alkyl halides is 2. The summed E-state index contributed by atoms with van der Waals surface area (Å²) in [4.78, 5) is 52.3. The third-order valence-electron chi connectivity index (χ3n) is 6.42. The van der Waals surface area contributed by atoms with Crippen LogP contribution < -0.4 is 5.32 Å². The fourth-order valence-electron chi connectivity index (χ4n) is 4.75. The summed E-state index contributed by atoms with van der Waals surface area (Å²) >= 11 is 5.75. The monoisotopic (exact) mass is 497 g/mol. The number of nitrogens with zero attached hydrogens (tertiary/aromatic N) is 2. The van der Waals surface area contributed by atoms with Crippen molar-refractivity contribution in [2.75, 3.05) is 0 Å². The number of imide groups is 1. The highest BCUT2D eigenvalue weighted by molar-refractivity contribution is 6.44. The Kier molecular flexibility index (Phi) is 6.29. The molecule has 0 aromatic heterocycles. The van der Waals surface area contributed by atoms with E-state index in [0.717, 1.165) is 16.9 Å². The van der Waals surface area contributed by atoms with Gasteiger partial charge >= 0.3 is 5.92 Å². The van der Waals surface area contributed by atoms with E-state index in [4.69, 9.17) is 11.6 Å². The van der Waals surface area contributed by atoms with Gasteiger partial charge in [0, 0.05) is 35.7 Å². The zero-order valence-corrected chi connectivity index (χ0v) is 20.2. The van der Waals surface area contributed by atoms with Gasteiger partial charge in [0.25, 0.3) is 11.8 Å². The molecule has 178 valence electrons. The summed E-state index contributed by atoms with van der Waals surface area (Å²) in [5.74, 6) is -6.36. The average Bonchev–Trinajstić information content (AvgIpc) is 3.07. The zero-order valence-electron chi connectivity index (χ0n) is 19.4. The van der Waals surface area contributed by atoms with Crippen LogP contribution in [-0.4, -0.2) is 63.1 Å². The first kappa shape index (κ1) is 25.0. The Morgan fingerprint density at radius 3 is 2.46 bits per heavy atom. The van der Waals surface area contributed by atoms with E-state index in [2.05, 4.69) is 5.32 Å². The van der Waals surface area contributed by atoms with Gasteiger partial charge < -0.3 is 9.71 Å². The zero-order chi connectivity index (χ0) is 25.7. The highest BCUT2D eigenvalue weighted by Crippen LogP contribution is 2.38. The lowest BCUT2D eigenvalue weighted by atomic mass is 9.47. The molecule has 2 aromatic rings. The van der Waals surface area contributed by atoms with Gasteiger partial charge in [0.1, 0.15) is 21.7 Å². The summed E-state index contributed by atoms with van der Waals surface area (Å²) in [6.45, 7) is 0.0315. The molecule has 0 aliphatic carbocycles. The van der Waals surface area contributed by atoms with Crippen LogP contribution in [0.5, 0.6) is 0 Å². The summed E-state index contributed by atoms with van der Waals surface area (Å²) in [6.07, 6.45) is 0.101. The lowest BCUT2D eigenvalue weighted by molar-refractivity contribution is -0.154. The van der Waals surface area contributed by atoms with E-state index in [1.54, 1.807) is 33.9 Å². The molecule has 4 amide bonds. The van der Waals surface area contributed by atoms with Crippen molar-refractivity contribution in [2.45, 2.75) is 36.7 Å². The maximum Gasteiger partial charge on any atom is 0.348 e. The number of nitrogens with one attached hydrogen (secondary N) is 1. The van der Waals surface area contributed by atoms with Gasteiger partial charge in [-0.2, -0.15) is 8.78 Å². The quantitative estimate of drug-likeness (QED) is 0.457. The van der Waals surface area contributed by atoms with E-state index >= 15 is 0 Å². The predicted molar refractivity (Wildman–Crippen MR) is 132 cm³/mol. The van der Waals surface area contributed by atoms with Gasteiger partial charge in [0.15, 0.2) is 0 Å². The van der Waals surface area contributed by atoms with Crippen LogP contribution in [0.3, 0.4) is 0 Å². The molecule has 1 saturated heterocycles. The molecule has 2 heterocycles. The highest BCUT2D eigenvalue weighted by Gasteiger charge is 2.48. The molecule has 0 spiro atoms. The maximum atomic E-state index is 14.8.